The smallest absolute Gasteiger partial charge is 0.317 e. The Balaban J connectivity index is 1.61. The van der Waals surface area contributed by atoms with Crippen LogP contribution in [0.25, 0.3) is 0 Å². The molecule has 1 unspecified atom stereocenters. The summed E-state index contributed by atoms with van der Waals surface area (Å²) in [5.41, 5.74) is 0.0485. The van der Waals surface area contributed by atoms with Crippen LogP contribution in [0.1, 0.15) is 24.3 Å². The van der Waals surface area contributed by atoms with Gasteiger partial charge in [0.1, 0.15) is 0 Å². The van der Waals surface area contributed by atoms with Crippen molar-refractivity contribution in [3.05, 3.63) is 5.01 Å². The molecule has 0 aromatic carbocycles. The lowest BCUT2D eigenvalue weighted by Crippen LogP contribution is -2.31. The maximum absolute atomic E-state index is 12.4. The van der Waals surface area contributed by atoms with Crippen LogP contribution < -0.4 is 10.6 Å². The van der Waals surface area contributed by atoms with Gasteiger partial charge in [-0.2, -0.15) is 13.2 Å². The van der Waals surface area contributed by atoms with Crippen molar-refractivity contribution in [1.29, 1.82) is 0 Å². The van der Waals surface area contributed by atoms with E-state index in [1.165, 1.54) is 0 Å². The Morgan fingerprint density at radius 1 is 1.35 bits per heavy atom. The van der Waals surface area contributed by atoms with Crippen LogP contribution in [0, 0.1) is 11.3 Å². The summed E-state index contributed by atoms with van der Waals surface area (Å²) in [6.07, 6.45) is -1.83. The van der Waals surface area contributed by atoms with Crippen LogP contribution in [0.5, 0.6) is 0 Å². The van der Waals surface area contributed by atoms with E-state index in [-0.39, 0.29) is 22.4 Å². The third kappa shape index (κ3) is 2.51. The highest BCUT2D eigenvalue weighted by Gasteiger charge is 2.57. The molecule has 0 radical (unpaired) electrons. The lowest BCUT2D eigenvalue weighted by atomic mass is 9.92. The number of hydrogen-bond acceptors (Lipinski definition) is 5. The molecule has 1 saturated heterocycles. The molecule has 5 nitrogen and oxygen atoms in total. The second-order valence-electron chi connectivity index (χ2n) is 5.27. The molecule has 110 valence electrons. The number of carbonyl (C=O) groups is 1. The van der Waals surface area contributed by atoms with Gasteiger partial charge in [-0.25, -0.2) is 0 Å². The Bertz CT molecular complexity index is 524. The molecular weight excluding hydrogens is 293 g/mol. The molecule has 2 aliphatic rings. The highest BCUT2D eigenvalue weighted by molar-refractivity contribution is 7.15. The summed E-state index contributed by atoms with van der Waals surface area (Å²) in [6, 6.07) is 0. The van der Waals surface area contributed by atoms with Gasteiger partial charge in [-0.3, -0.25) is 4.79 Å². The van der Waals surface area contributed by atoms with Gasteiger partial charge in [0.05, 0.1) is 0 Å². The van der Waals surface area contributed by atoms with Gasteiger partial charge in [0, 0.05) is 5.92 Å². The van der Waals surface area contributed by atoms with E-state index in [9.17, 15) is 18.0 Å². The first kappa shape index (κ1) is 13.7. The predicted octanol–water partition coefficient (Wildman–Crippen LogP) is 1.89. The number of halogens is 3. The predicted molar refractivity (Wildman–Crippen MR) is 66.2 cm³/mol. The average molecular weight is 306 g/mol. The second kappa shape index (κ2) is 4.66. The van der Waals surface area contributed by atoms with E-state index in [0.29, 0.717) is 11.3 Å². The third-order valence-electron chi connectivity index (χ3n) is 4.00. The highest BCUT2D eigenvalue weighted by Crippen LogP contribution is 2.58. The topological polar surface area (TPSA) is 66.9 Å². The summed E-state index contributed by atoms with van der Waals surface area (Å²) in [5.74, 6) is -0.348. The number of nitrogens with one attached hydrogen (secondary N) is 2. The SMILES string of the molecule is O=C(Nc1nnc(C(F)(F)F)s1)C1CC12CCNCC2. The summed E-state index contributed by atoms with van der Waals surface area (Å²) in [5, 5.41) is 11.0. The fourth-order valence-corrected chi connectivity index (χ4v) is 3.39. The van der Waals surface area contributed by atoms with Crippen molar-refractivity contribution in [2.45, 2.75) is 25.4 Å². The monoisotopic (exact) mass is 306 g/mol. The van der Waals surface area contributed by atoms with E-state index in [4.69, 9.17) is 0 Å². The summed E-state index contributed by atoms with van der Waals surface area (Å²) < 4.78 is 37.2. The van der Waals surface area contributed by atoms with Crippen LogP contribution in [0.4, 0.5) is 18.3 Å². The van der Waals surface area contributed by atoms with Crippen LogP contribution in [0.15, 0.2) is 0 Å². The van der Waals surface area contributed by atoms with E-state index < -0.39 is 11.2 Å². The molecule has 1 aliphatic heterocycles. The zero-order valence-electron chi connectivity index (χ0n) is 10.5. The molecule has 3 rings (SSSR count). The normalized spacial score (nSPS) is 24.6. The van der Waals surface area contributed by atoms with Gasteiger partial charge in [-0.1, -0.05) is 11.3 Å². The Morgan fingerprint density at radius 3 is 2.65 bits per heavy atom. The van der Waals surface area contributed by atoms with Crippen molar-refractivity contribution < 1.29 is 18.0 Å². The number of anilines is 1. The molecule has 9 heteroatoms. The minimum Gasteiger partial charge on any atom is -0.317 e. The van der Waals surface area contributed by atoms with Gasteiger partial charge in [0.2, 0.25) is 16.0 Å². The second-order valence-corrected chi connectivity index (χ2v) is 6.25. The minimum absolute atomic E-state index is 0.0485. The van der Waals surface area contributed by atoms with Crippen molar-refractivity contribution in [1.82, 2.24) is 15.5 Å². The Morgan fingerprint density at radius 2 is 2.05 bits per heavy atom. The Kier molecular flexibility index (Phi) is 3.20. The van der Waals surface area contributed by atoms with Gasteiger partial charge in [0.25, 0.3) is 0 Å². The van der Waals surface area contributed by atoms with E-state index in [1.54, 1.807) is 0 Å². The van der Waals surface area contributed by atoms with Crippen LogP contribution in [0.2, 0.25) is 0 Å². The van der Waals surface area contributed by atoms with Crippen LogP contribution >= 0.6 is 11.3 Å². The highest BCUT2D eigenvalue weighted by atomic mass is 32.1. The van der Waals surface area contributed by atoms with Crippen molar-refractivity contribution in [3.8, 4) is 0 Å². The maximum atomic E-state index is 12.4. The molecule has 2 heterocycles. The number of carbonyl (C=O) groups excluding carboxylic acids is 1. The molecule has 1 atom stereocenters. The van der Waals surface area contributed by atoms with Gasteiger partial charge in [0.15, 0.2) is 0 Å². The number of piperidine rings is 1. The Labute approximate surface area is 117 Å². The van der Waals surface area contributed by atoms with Crippen molar-refractivity contribution in [2.24, 2.45) is 11.3 Å². The summed E-state index contributed by atoms with van der Waals surface area (Å²) >= 11 is 0.357. The fraction of sp³-hybridized carbons (Fsp3) is 0.727. The van der Waals surface area contributed by atoms with Gasteiger partial charge >= 0.3 is 6.18 Å². The largest absolute Gasteiger partial charge is 0.445 e. The molecule has 1 aromatic heterocycles. The first-order chi connectivity index (χ1) is 9.41. The zero-order chi connectivity index (χ0) is 14.4. The summed E-state index contributed by atoms with van der Waals surface area (Å²) in [7, 11) is 0. The molecule has 1 saturated carbocycles. The van der Waals surface area contributed by atoms with E-state index in [0.717, 1.165) is 32.4 Å². The molecule has 0 bridgehead atoms. The maximum Gasteiger partial charge on any atom is 0.445 e. The van der Waals surface area contributed by atoms with E-state index in [1.807, 2.05) is 0 Å². The number of aromatic nitrogens is 2. The van der Waals surface area contributed by atoms with Gasteiger partial charge in [-0.15, -0.1) is 10.2 Å². The lowest BCUT2D eigenvalue weighted by molar-refractivity contribution is -0.138. The first-order valence-electron chi connectivity index (χ1n) is 6.33. The lowest BCUT2D eigenvalue weighted by Gasteiger charge is -2.22. The average Bonchev–Trinajstić information content (AvgIpc) is 2.85. The standard InChI is InChI=1S/C11H13F3N4OS/c12-11(13,14)8-17-18-9(20-8)16-7(19)6-5-10(6)1-3-15-4-2-10/h6,15H,1-5H2,(H,16,18,19). The van der Waals surface area contributed by atoms with Crippen LogP contribution in [-0.2, 0) is 11.0 Å². The molecule has 20 heavy (non-hydrogen) atoms. The van der Waals surface area contributed by atoms with E-state index >= 15 is 0 Å². The minimum atomic E-state index is -4.52. The summed E-state index contributed by atoms with van der Waals surface area (Å²) in [4.78, 5) is 12.0. The molecule has 2 fully saturated rings. The number of rotatable bonds is 2. The van der Waals surface area contributed by atoms with Crippen molar-refractivity contribution in [2.75, 3.05) is 18.4 Å². The molecular formula is C11H13F3N4OS. The third-order valence-corrected chi connectivity index (χ3v) is 4.89. The number of hydrogen-bond donors (Lipinski definition) is 2. The molecule has 2 N–H and O–H groups in total. The quantitative estimate of drug-likeness (QED) is 0.875. The molecule has 1 spiro atoms. The van der Waals surface area contributed by atoms with Gasteiger partial charge < -0.3 is 10.6 Å². The Hall–Kier alpha value is -1.22. The van der Waals surface area contributed by atoms with Crippen LogP contribution in [-0.4, -0.2) is 29.2 Å². The fourth-order valence-electron chi connectivity index (χ4n) is 2.78. The molecule has 1 aliphatic carbocycles. The van der Waals surface area contributed by atoms with E-state index in [2.05, 4.69) is 20.8 Å². The molecule has 1 aromatic rings. The van der Waals surface area contributed by atoms with Crippen molar-refractivity contribution in [3.63, 3.8) is 0 Å². The number of amides is 1. The number of alkyl halides is 3. The summed E-state index contributed by atoms with van der Waals surface area (Å²) in [6.45, 7) is 1.78. The van der Waals surface area contributed by atoms with Crippen LogP contribution in [0.3, 0.4) is 0 Å². The molecule has 1 amide bonds. The van der Waals surface area contributed by atoms with Gasteiger partial charge in [-0.05, 0) is 37.8 Å². The first-order valence-corrected chi connectivity index (χ1v) is 7.15. The zero-order valence-corrected chi connectivity index (χ0v) is 11.3. The van der Waals surface area contributed by atoms with Crippen molar-refractivity contribution >= 4 is 22.4 Å². The number of nitrogens with zero attached hydrogens (tertiary/aromatic N) is 2.